The zero-order valence-corrected chi connectivity index (χ0v) is 16.3. The van der Waals surface area contributed by atoms with Crippen LogP contribution in [0.4, 0.5) is 5.69 Å². The Balaban J connectivity index is 1.98. The maximum Gasteiger partial charge on any atom is 0.242 e. The van der Waals surface area contributed by atoms with E-state index in [0.717, 1.165) is 17.1 Å². The van der Waals surface area contributed by atoms with Gasteiger partial charge < -0.3 is 10.6 Å². The Morgan fingerprint density at radius 2 is 1.88 bits per heavy atom. The van der Waals surface area contributed by atoms with Crippen molar-refractivity contribution >= 4 is 27.5 Å². The second-order valence-electron chi connectivity index (χ2n) is 6.74. The highest BCUT2D eigenvalue weighted by molar-refractivity contribution is 7.89. The van der Waals surface area contributed by atoms with Gasteiger partial charge in [0.05, 0.1) is 17.5 Å². The van der Waals surface area contributed by atoms with Gasteiger partial charge in [-0.2, -0.15) is 0 Å². The molecule has 0 radical (unpaired) electrons. The molecule has 26 heavy (non-hydrogen) atoms. The fourth-order valence-electron chi connectivity index (χ4n) is 2.26. The number of hydrogen-bond donors (Lipinski definition) is 2. The predicted molar refractivity (Wildman–Crippen MR) is 99.2 cm³/mol. The van der Waals surface area contributed by atoms with Gasteiger partial charge in [-0.15, -0.1) is 0 Å². The Kier molecular flexibility index (Phi) is 6.38. The lowest BCUT2D eigenvalue weighted by molar-refractivity contribution is -0.124. The Hall–Kier alpha value is -1.97. The zero-order valence-electron chi connectivity index (χ0n) is 15.5. The summed E-state index contributed by atoms with van der Waals surface area (Å²) < 4.78 is 25.5. The smallest absolute Gasteiger partial charge is 0.242 e. The van der Waals surface area contributed by atoms with E-state index in [2.05, 4.69) is 10.6 Å². The molecule has 0 unspecified atom stereocenters. The molecule has 1 saturated carbocycles. The molecule has 0 aromatic heterocycles. The molecule has 1 aliphatic rings. The van der Waals surface area contributed by atoms with Crippen molar-refractivity contribution in [1.82, 2.24) is 14.5 Å². The number of rotatable bonds is 8. The molecule has 1 atom stereocenters. The maximum absolute atomic E-state index is 12.4. The Labute approximate surface area is 154 Å². The number of sulfonamides is 1. The summed E-state index contributed by atoms with van der Waals surface area (Å²) in [7, 11) is 1.02. The molecule has 2 amide bonds. The fraction of sp³-hybridized carbons (Fsp3) is 0.529. The standard InChI is InChI=1S/C17H26N4O4S/c1-12(21(4)11-16(22)18-13-8-9-13)17(23)19-14-6-5-7-15(10-14)26(24,25)20(2)3/h5-7,10,12-13H,8-9,11H2,1-4H3,(H,18,22)(H,19,23)/t12-/m1/s1. The van der Waals surface area contributed by atoms with Gasteiger partial charge in [-0.3, -0.25) is 14.5 Å². The monoisotopic (exact) mass is 382 g/mol. The molecular weight excluding hydrogens is 356 g/mol. The topological polar surface area (TPSA) is 98.8 Å². The molecule has 8 nitrogen and oxygen atoms in total. The minimum absolute atomic E-state index is 0.102. The van der Waals surface area contributed by atoms with Crippen LogP contribution in [-0.2, 0) is 19.6 Å². The molecule has 0 bridgehead atoms. The van der Waals surface area contributed by atoms with Gasteiger partial charge in [0.15, 0.2) is 0 Å². The van der Waals surface area contributed by atoms with Gasteiger partial charge in [0.2, 0.25) is 21.8 Å². The second kappa shape index (κ2) is 8.15. The number of carbonyl (C=O) groups excluding carboxylic acids is 2. The van der Waals surface area contributed by atoms with Crippen LogP contribution >= 0.6 is 0 Å². The van der Waals surface area contributed by atoms with Gasteiger partial charge in [0.25, 0.3) is 0 Å². The molecule has 2 rings (SSSR count). The molecule has 1 aromatic carbocycles. The molecule has 0 saturated heterocycles. The number of benzene rings is 1. The average molecular weight is 382 g/mol. The van der Waals surface area contributed by atoms with Gasteiger partial charge in [0, 0.05) is 25.8 Å². The van der Waals surface area contributed by atoms with Gasteiger partial charge in [-0.05, 0) is 45.0 Å². The summed E-state index contributed by atoms with van der Waals surface area (Å²) in [6.07, 6.45) is 2.02. The first-order chi connectivity index (χ1) is 12.1. The quantitative estimate of drug-likeness (QED) is 0.681. The molecule has 1 aliphatic carbocycles. The van der Waals surface area contributed by atoms with Crippen LogP contribution in [0.5, 0.6) is 0 Å². The molecular formula is C17H26N4O4S. The van der Waals surface area contributed by atoms with Gasteiger partial charge in [0.1, 0.15) is 0 Å². The third-order valence-electron chi connectivity index (χ3n) is 4.26. The van der Waals surface area contributed by atoms with Crippen molar-refractivity contribution in [3.8, 4) is 0 Å². The van der Waals surface area contributed by atoms with Crippen LogP contribution in [0.25, 0.3) is 0 Å². The highest BCUT2D eigenvalue weighted by Gasteiger charge is 2.26. The molecule has 9 heteroatoms. The Morgan fingerprint density at radius 1 is 1.23 bits per heavy atom. The highest BCUT2D eigenvalue weighted by atomic mass is 32.2. The van der Waals surface area contributed by atoms with Crippen LogP contribution in [0.15, 0.2) is 29.2 Å². The highest BCUT2D eigenvalue weighted by Crippen LogP contribution is 2.19. The van der Waals surface area contributed by atoms with E-state index in [1.54, 1.807) is 31.0 Å². The van der Waals surface area contributed by atoms with Gasteiger partial charge in [-0.25, -0.2) is 12.7 Å². The first-order valence-electron chi connectivity index (χ1n) is 8.44. The zero-order chi connectivity index (χ0) is 19.5. The number of carbonyl (C=O) groups is 2. The van der Waals surface area contributed by atoms with Crippen LogP contribution in [0, 0.1) is 0 Å². The number of anilines is 1. The van der Waals surface area contributed by atoms with Crippen LogP contribution in [0.3, 0.4) is 0 Å². The maximum atomic E-state index is 12.4. The minimum atomic E-state index is -3.57. The van der Waals surface area contributed by atoms with Crippen molar-refractivity contribution in [3.05, 3.63) is 24.3 Å². The number of likely N-dealkylation sites (N-methyl/N-ethyl adjacent to an activating group) is 1. The largest absolute Gasteiger partial charge is 0.352 e. The van der Waals surface area contributed by atoms with E-state index in [1.165, 1.54) is 26.2 Å². The van der Waals surface area contributed by atoms with Crippen LogP contribution in [0.1, 0.15) is 19.8 Å². The van der Waals surface area contributed by atoms with Crippen LogP contribution in [-0.4, -0.2) is 69.2 Å². The van der Waals surface area contributed by atoms with Crippen LogP contribution < -0.4 is 10.6 Å². The van der Waals surface area contributed by atoms with Gasteiger partial charge >= 0.3 is 0 Å². The number of nitrogens with zero attached hydrogens (tertiary/aromatic N) is 2. The first kappa shape index (κ1) is 20.3. The average Bonchev–Trinajstić information content (AvgIpc) is 3.37. The van der Waals surface area contributed by atoms with E-state index < -0.39 is 16.1 Å². The fourth-order valence-corrected chi connectivity index (χ4v) is 3.20. The van der Waals surface area contributed by atoms with Crippen LogP contribution in [0.2, 0.25) is 0 Å². The summed E-state index contributed by atoms with van der Waals surface area (Å²) in [5.41, 5.74) is 0.389. The third-order valence-corrected chi connectivity index (χ3v) is 6.07. The van der Waals surface area contributed by atoms with E-state index >= 15 is 0 Å². The van der Waals surface area contributed by atoms with Crippen molar-refractivity contribution in [3.63, 3.8) is 0 Å². The SMILES string of the molecule is C[C@H](C(=O)Nc1cccc(S(=O)(=O)N(C)C)c1)N(C)CC(=O)NC1CC1. The summed E-state index contributed by atoms with van der Waals surface area (Å²) in [5, 5.41) is 5.58. The molecule has 0 spiro atoms. The lowest BCUT2D eigenvalue weighted by Crippen LogP contribution is -2.45. The Morgan fingerprint density at radius 3 is 2.46 bits per heavy atom. The lowest BCUT2D eigenvalue weighted by atomic mass is 10.2. The van der Waals surface area contributed by atoms with E-state index in [9.17, 15) is 18.0 Å². The third kappa shape index (κ3) is 5.26. The molecule has 2 N–H and O–H groups in total. The Bertz CT molecular complexity index is 775. The number of amides is 2. The molecule has 1 aromatic rings. The first-order valence-corrected chi connectivity index (χ1v) is 9.88. The van der Waals surface area contributed by atoms with Crippen molar-refractivity contribution in [2.75, 3.05) is 33.0 Å². The predicted octanol–water partition coefficient (Wildman–Crippen LogP) is 0.474. The van der Waals surface area contributed by atoms with E-state index in [4.69, 9.17) is 0 Å². The molecule has 1 fully saturated rings. The normalized spacial score (nSPS) is 15.8. The van der Waals surface area contributed by atoms with E-state index in [1.807, 2.05) is 0 Å². The van der Waals surface area contributed by atoms with E-state index in [0.29, 0.717) is 5.69 Å². The molecule has 0 heterocycles. The van der Waals surface area contributed by atoms with Crippen molar-refractivity contribution < 1.29 is 18.0 Å². The summed E-state index contributed by atoms with van der Waals surface area (Å²) in [4.78, 5) is 26.0. The van der Waals surface area contributed by atoms with Gasteiger partial charge in [-0.1, -0.05) is 6.07 Å². The van der Waals surface area contributed by atoms with Crippen molar-refractivity contribution in [2.45, 2.75) is 36.7 Å². The summed E-state index contributed by atoms with van der Waals surface area (Å²) in [6.45, 7) is 1.82. The summed E-state index contributed by atoms with van der Waals surface area (Å²) in [5.74, 6) is -0.417. The van der Waals surface area contributed by atoms with Crippen molar-refractivity contribution in [1.29, 1.82) is 0 Å². The lowest BCUT2D eigenvalue weighted by Gasteiger charge is -2.23. The summed E-state index contributed by atoms with van der Waals surface area (Å²) >= 11 is 0. The molecule has 144 valence electrons. The second-order valence-corrected chi connectivity index (χ2v) is 8.89. The minimum Gasteiger partial charge on any atom is -0.352 e. The van der Waals surface area contributed by atoms with E-state index in [-0.39, 0.29) is 29.3 Å². The number of hydrogen-bond acceptors (Lipinski definition) is 5. The number of nitrogens with one attached hydrogen (secondary N) is 2. The van der Waals surface area contributed by atoms with Crippen molar-refractivity contribution in [2.24, 2.45) is 0 Å². The molecule has 0 aliphatic heterocycles. The summed E-state index contributed by atoms with van der Waals surface area (Å²) in [6, 6.07) is 5.82.